The number of anilines is 1. The summed E-state index contributed by atoms with van der Waals surface area (Å²) in [7, 11) is -2.73. The van der Waals surface area contributed by atoms with Gasteiger partial charge in [-0.1, -0.05) is 60.5 Å². The fraction of sp³-hybridized carbons (Fsp3) is 0.333. The first kappa shape index (κ1) is 32.2. The summed E-state index contributed by atoms with van der Waals surface area (Å²) in [5.74, 6) is -0.575. The zero-order chi connectivity index (χ0) is 30.4. The highest BCUT2D eigenvalue weighted by atomic mass is 35.5. The Kier molecular flexibility index (Phi) is 10.7. The molecule has 3 aromatic carbocycles. The van der Waals surface area contributed by atoms with Crippen molar-refractivity contribution in [3.8, 4) is 5.75 Å². The minimum atomic E-state index is -4.20. The van der Waals surface area contributed by atoms with E-state index in [1.807, 2.05) is 20.8 Å². The van der Waals surface area contributed by atoms with Gasteiger partial charge in [-0.25, -0.2) is 8.42 Å². The molecule has 0 saturated heterocycles. The summed E-state index contributed by atoms with van der Waals surface area (Å²) < 4.78 is 34.2. The highest BCUT2D eigenvalue weighted by molar-refractivity contribution is 7.92. The first-order chi connectivity index (χ1) is 19.3. The number of hydrogen-bond acceptors (Lipinski definition) is 5. The van der Waals surface area contributed by atoms with Gasteiger partial charge in [0.2, 0.25) is 11.8 Å². The number of hydrogen-bond donors (Lipinski definition) is 1. The van der Waals surface area contributed by atoms with E-state index in [1.54, 1.807) is 61.5 Å². The fourth-order valence-corrected chi connectivity index (χ4v) is 6.18. The van der Waals surface area contributed by atoms with Crippen LogP contribution >= 0.6 is 23.2 Å². The molecule has 0 aliphatic heterocycles. The number of amides is 2. The van der Waals surface area contributed by atoms with E-state index in [2.05, 4.69) is 5.32 Å². The van der Waals surface area contributed by atoms with E-state index < -0.39 is 34.1 Å². The molecule has 2 amide bonds. The maximum Gasteiger partial charge on any atom is 0.264 e. The van der Waals surface area contributed by atoms with Crippen molar-refractivity contribution in [1.82, 2.24) is 10.2 Å². The molecule has 1 N–H and O–H groups in total. The fourth-order valence-electron chi connectivity index (χ4n) is 4.24. The lowest BCUT2D eigenvalue weighted by molar-refractivity contribution is -0.141. The second-order valence-electron chi connectivity index (χ2n) is 10.4. The normalized spacial score (nSPS) is 12.4. The maximum absolute atomic E-state index is 14.2. The van der Waals surface area contributed by atoms with Gasteiger partial charge in [0.15, 0.2) is 0 Å². The van der Waals surface area contributed by atoms with Crippen LogP contribution in [0.25, 0.3) is 0 Å². The largest absolute Gasteiger partial charge is 0.497 e. The Bertz CT molecular complexity index is 1460. The first-order valence-electron chi connectivity index (χ1n) is 13.0. The SMILES string of the molecule is CC[C@@H](C(=O)NC(C)(C)C)N(Cc1c(Cl)cccc1Cl)C(=O)CN(c1cccc(OC)c1)S(=O)(=O)c1ccccc1. The molecule has 3 rings (SSSR count). The van der Waals surface area contributed by atoms with Crippen LogP contribution in [-0.2, 0) is 26.2 Å². The van der Waals surface area contributed by atoms with Crippen LogP contribution in [0.4, 0.5) is 5.69 Å². The average molecular weight is 621 g/mol. The Hall–Kier alpha value is -3.27. The lowest BCUT2D eigenvalue weighted by Crippen LogP contribution is -2.55. The Labute approximate surface area is 252 Å². The molecule has 11 heteroatoms. The number of nitrogens with one attached hydrogen (secondary N) is 1. The van der Waals surface area contributed by atoms with Crippen LogP contribution in [0.3, 0.4) is 0 Å². The van der Waals surface area contributed by atoms with Crippen molar-refractivity contribution in [2.45, 2.75) is 57.1 Å². The van der Waals surface area contributed by atoms with Gasteiger partial charge in [-0.05, 0) is 63.6 Å². The van der Waals surface area contributed by atoms with Crippen LogP contribution in [0.5, 0.6) is 5.75 Å². The Morgan fingerprint density at radius 3 is 2.12 bits per heavy atom. The molecule has 0 saturated carbocycles. The lowest BCUT2D eigenvalue weighted by atomic mass is 10.1. The number of halogens is 2. The molecule has 0 radical (unpaired) electrons. The van der Waals surface area contributed by atoms with Gasteiger partial charge in [0, 0.05) is 33.8 Å². The standard InChI is InChI=1S/C30H35Cl2N3O5S/c1-6-27(29(37)33-30(2,3)4)34(19-24-25(31)16-11-17-26(24)32)28(36)20-35(21-12-10-13-22(18-21)40-5)41(38,39)23-14-8-7-9-15-23/h7-18,27H,6,19-20H2,1-5H3,(H,33,37)/t27-/m0/s1. The smallest absolute Gasteiger partial charge is 0.264 e. The van der Waals surface area contributed by atoms with Crippen molar-refractivity contribution in [1.29, 1.82) is 0 Å². The van der Waals surface area contributed by atoms with Crippen LogP contribution in [0, 0.1) is 0 Å². The summed E-state index contributed by atoms with van der Waals surface area (Å²) in [5, 5.41) is 3.57. The van der Waals surface area contributed by atoms with E-state index in [-0.39, 0.29) is 29.5 Å². The molecule has 0 unspecified atom stereocenters. The molecule has 8 nitrogen and oxygen atoms in total. The molecule has 0 aliphatic carbocycles. The van der Waals surface area contributed by atoms with Crippen LogP contribution in [0.15, 0.2) is 77.7 Å². The number of nitrogens with zero attached hydrogens (tertiary/aromatic N) is 2. The maximum atomic E-state index is 14.2. The van der Waals surface area contributed by atoms with Gasteiger partial charge >= 0.3 is 0 Å². The first-order valence-corrected chi connectivity index (χ1v) is 15.2. The van der Waals surface area contributed by atoms with Crippen LogP contribution in [0.2, 0.25) is 10.0 Å². The number of methoxy groups -OCH3 is 1. The van der Waals surface area contributed by atoms with Crippen molar-refractivity contribution < 1.29 is 22.7 Å². The molecule has 0 bridgehead atoms. The summed E-state index contributed by atoms with van der Waals surface area (Å²) in [6, 6.07) is 18.3. The van der Waals surface area contributed by atoms with Gasteiger partial charge in [-0.15, -0.1) is 0 Å². The van der Waals surface area contributed by atoms with Gasteiger partial charge in [0.1, 0.15) is 18.3 Å². The third kappa shape index (κ3) is 8.15. The minimum absolute atomic E-state index is 0.00818. The molecule has 0 spiro atoms. The van der Waals surface area contributed by atoms with E-state index in [0.717, 1.165) is 4.31 Å². The predicted molar refractivity (Wildman–Crippen MR) is 163 cm³/mol. The second-order valence-corrected chi connectivity index (χ2v) is 13.1. The third-order valence-corrected chi connectivity index (χ3v) is 8.72. The molecule has 1 atom stereocenters. The van der Waals surface area contributed by atoms with Gasteiger partial charge in [-0.2, -0.15) is 0 Å². The summed E-state index contributed by atoms with van der Waals surface area (Å²) in [6.07, 6.45) is 0.264. The van der Waals surface area contributed by atoms with Crippen molar-refractivity contribution in [2.75, 3.05) is 18.0 Å². The van der Waals surface area contributed by atoms with E-state index in [9.17, 15) is 18.0 Å². The van der Waals surface area contributed by atoms with Crippen molar-refractivity contribution >= 4 is 50.7 Å². The second kappa shape index (κ2) is 13.6. The molecule has 220 valence electrons. The lowest BCUT2D eigenvalue weighted by Gasteiger charge is -2.35. The molecule has 0 heterocycles. The molecular weight excluding hydrogens is 585 g/mol. The molecular formula is C30H35Cl2N3O5S. The van der Waals surface area contributed by atoms with E-state index in [0.29, 0.717) is 21.4 Å². The van der Waals surface area contributed by atoms with E-state index in [1.165, 1.54) is 30.2 Å². The van der Waals surface area contributed by atoms with Gasteiger partial charge in [0.25, 0.3) is 10.0 Å². The Morgan fingerprint density at radius 1 is 0.951 bits per heavy atom. The highest BCUT2D eigenvalue weighted by Gasteiger charge is 2.35. The topological polar surface area (TPSA) is 96.0 Å². The van der Waals surface area contributed by atoms with Crippen LogP contribution in [-0.4, -0.2) is 50.4 Å². The number of carbonyl (C=O) groups is 2. The van der Waals surface area contributed by atoms with Gasteiger partial charge in [-0.3, -0.25) is 13.9 Å². The van der Waals surface area contributed by atoms with Crippen LogP contribution in [0.1, 0.15) is 39.7 Å². The monoisotopic (exact) mass is 619 g/mol. The third-order valence-electron chi connectivity index (χ3n) is 6.23. The van der Waals surface area contributed by atoms with E-state index in [4.69, 9.17) is 27.9 Å². The number of carbonyl (C=O) groups excluding carboxylic acids is 2. The zero-order valence-electron chi connectivity index (χ0n) is 23.7. The minimum Gasteiger partial charge on any atom is -0.497 e. The number of benzene rings is 3. The predicted octanol–water partition coefficient (Wildman–Crippen LogP) is 5.92. The summed E-state index contributed by atoms with van der Waals surface area (Å²) in [5.41, 5.74) is 0.111. The molecule has 0 aliphatic rings. The number of ether oxygens (including phenoxy) is 1. The summed E-state index contributed by atoms with van der Waals surface area (Å²) in [6.45, 7) is 6.60. The van der Waals surface area contributed by atoms with Gasteiger partial charge < -0.3 is 15.0 Å². The zero-order valence-corrected chi connectivity index (χ0v) is 26.1. The van der Waals surface area contributed by atoms with Crippen molar-refractivity contribution in [3.63, 3.8) is 0 Å². The number of rotatable bonds is 11. The van der Waals surface area contributed by atoms with Crippen LogP contribution < -0.4 is 14.4 Å². The number of sulfonamides is 1. The highest BCUT2D eigenvalue weighted by Crippen LogP contribution is 2.30. The van der Waals surface area contributed by atoms with Gasteiger partial charge in [0.05, 0.1) is 17.7 Å². The molecule has 0 aromatic heterocycles. The molecule has 0 fully saturated rings. The summed E-state index contributed by atoms with van der Waals surface area (Å²) in [4.78, 5) is 29.0. The average Bonchev–Trinajstić information content (AvgIpc) is 2.92. The molecule has 41 heavy (non-hydrogen) atoms. The Morgan fingerprint density at radius 2 is 1.56 bits per heavy atom. The summed E-state index contributed by atoms with van der Waals surface area (Å²) >= 11 is 12.9. The van der Waals surface area contributed by atoms with E-state index >= 15 is 0 Å². The Balaban J connectivity index is 2.12. The van der Waals surface area contributed by atoms with Crippen molar-refractivity contribution in [2.24, 2.45) is 0 Å². The quantitative estimate of drug-likeness (QED) is 0.287. The molecule has 3 aromatic rings. The van der Waals surface area contributed by atoms with Crippen molar-refractivity contribution in [3.05, 3.63) is 88.4 Å².